The average molecular weight is 481 g/mol. The van der Waals surface area contributed by atoms with Crippen molar-refractivity contribution in [1.82, 2.24) is 34.7 Å². The molecule has 4 rings (SSSR count). The lowest BCUT2D eigenvalue weighted by Crippen LogP contribution is -2.33. The van der Waals surface area contributed by atoms with Gasteiger partial charge in [-0.2, -0.15) is 4.68 Å². The van der Waals surface area contributed by atoms with Gasteiger partial charge in [0.15, 0.2) is 11.5 Å². The monoisotopic (exact) mass is 480 g/mol. The number of benzene rings is 1. The minimum Gasteiger partial charge on any atom is -0.319 e. The molecule has 1 amide bonds. The number of rotatable bonds is 6. The predicted molar refractivity (Wildman–Crippen MR) is 127 cm³/mol. The standard InChI is InChI=1S/C23H25FN8O3/c1-11(2)10-31-20-19(22(34)27-23(31)35)15(9-17(25-20)12(3)4)21(33)26-18-8-14(6-7-16(18)24)32-13(5)28-29-30-32/h6-9,11-12H,10H2,1-5H3,(H,26,33)(H,27,34,35). The molecule has 0 fully saturated rings. The van der Waals surface area contributed by atoms with Crippen LogP contribution >= 0.6 is 0 Å². The van der Waals surface area contributed by atoms with E-state index in [9.17, 15) is 18.8 Å². The normalized spacial score (nSPS) is 11.5. The van der Waals surface area contributed by atoms with Crippen LogP contribution in [0.2, 0.25) is 0 Å². The zero-order valence-electron chi connectivity index (χ0n) is 20.0. The highest BCUT2D eigenvalue weighted by Crippen LogP contribution is 2.24. The van der Waals surface area contributed by atoms with Gasteiger partial charge < -0.3 is 5.32 Å². The zero-order valence-corrected chi connectivity index (χ0v) is 20.0. The fraction of sp³-hybridized carbons (Fsp3) is 0.348. The van der Waals surface area contributed by atoms with Crippen molar-refractivity contribution in [1.29, 1.82) is 0 Å². The van der Waals surface area contributed by atoms with Gasteiger partial charge >= 0.3 is 5.69 Å². The Hall–Kier alpha value is -4.22. The molecule has 2 N–H and O–H groups in total. The number of H-pyrrole nitrogens is 1. The fourth-order valence-electron chi connectivity index (χ4n) is 3.70. The fourth-order valence-corrected chi connectivity index (χ4v) is 3.70. The third-order valence-corrected chi connectivity index (χ3v) is 5.42. The summed E-state index contributed by atoms with van der Waals surface area (Å²) in [5.74, 6) is -0.943. The number of aryl methyl sites for hydroxylation is 1. The van der Waals surface area contributed by atoms with Crippen LogP contribution in [0.4, 0.5) is 10.1 Å². The van der Waals surface area contributed by atoms with Crippen molar-refractivity contribution in [2.24, 2.45) is 5.92 Å². The smallest absolute Gasteiger partial charge is 0.319 e. The molecule has 0 aliphatic heterocycles. The Balaban J connectivity index is 1.87. The minimum atomic E-state index is -0.739. The zero-order chi connectivity index (χ0) is 25.4. The second-order valence-corrected chi connectivity index (χ2v) is 8.97. The van der Waals surface area contributed by atoms with E-state index in [1.54, 1.807) is 6.92 Å². The van der Waals surface area contributed by atoms with Crippen LogP contribution in [-0.4, -0.2) is 40.6 Å². The Morgan fingerprint density at radius 2 is 1.91 bits per heavy atom. The number of carbonyl (C=O) groups excluding carboxylic acids is 1. The number of fused-ring (bicyclic) bond motifs is 1. The number of aromatic nitrogens is 7. The topological polar surface area (TPSA) is 140 Å². The van der Waals surface area contributed by atoms with Crippen LogP contribution in [0.3, 0.4) is 0 Å². The summed E-state index contributed by atoms with van der Waals surface area (Å²) in [4.78, 5) is 45.6. The van der Waals surface area contributed by atoms with Gasteiger partial charge in [0.25, 0.3) is 11.5 Å². The number of nitrogens with one attached hydrogen (secondary N) is 2. The Labute approximate surface area is 199 Å². The summed E-state index contributed by atoms with van der Waals surface area (Å²) in [6.45, 7) is 9.58. The third kappa shape index (κ3) is 4.59. The Morgan fingerprint density at radius 1 is 1.17 bits per heavy atom. The highest BCUT2D eigenvalue weighted by molar-refractivity contribution is 6.12. The molecule has 0 aliphatic carbocycles. The van der Waals surface area contributed by atoms with E-state index in [0.717, 1.165) is 0 Å². The van der Waals surface area contributed by atoms with E-state index < -0.39 is 23.0 Å². The highest BCUT2D eigenvalue weighted by atomic mass is 19.1. The lowest BCUT2D eigenvalue weighted by atomic mass is 10.0. The number of anilines is 1. The first-order valence-corrected chi connectivity index (χ1v) is 11.1. The van der Waals surface area contributed by atoms with Crippen molar-refractivity contribution in [2.75, 3.05) is 5.32 Å². The van der Waals surface area contributed by atoms with Gasteiger partial charge in [0.05, 0.1) is 22.3 Å². The van der Waals surface area contributed by atoms with Crippen LogP contribution in [-0.2, 0) is 6.54 Å². The van der Waals surface area contributed by atoms with Crippen LogP contribution in [0.1, 0.15) is 55.5 Å². The van der Waals surface area contributed by atoms with Crippen LogP contribution < -0.4 is 16.6 Å². The molecule has 0 atom stereocenters. The predicted octanol–water partition coefficient (Wildman–Crippen LogP) is 2.54. The number of pyridine rings is 1. The average Bonchev–Trinajstić information content (AvgIpc) is 3.22. The van der Waals surface area contributed by atoms with E-state index in [2.05, 4.69) is 30.8 Å². The summed E-state index contributed by atoms with van der Waals surface area (Å²) in [5.41, 5.74) is -0.407. The second-order valence-electron chi connectivity index (χ2n) is 8.97. The Kier molecular flexibility index (Phi) is 6.29. The molecule has 0 spiro atoms. The summed E-state index contributed by atoms with van der Waals surface area (Å²) >= 11 is 0. The largest absolute Gasteiger partial charge is 0.330 e. The molecule has 1 aromatic carbocycles. The summed E-state index contributed by atoms with van der Waals surface area (Å²) < 4.78 is 17.4. The molecule has 4 aromatic rings. The molecular weight excluding hydrogens is 455 g/mol. The summed E-state index contributed by atoms with van der Waals surface area (Å²) in [5, 5.41) is 13.7. The number of hydrogen-bond donors (Lipinski definition) is 2. The van der Waals surface area contributed by atoms with Crippen LogP contribution in [0.25, 0.3) is 16.7 Å². The van der Waals surface area contributed by atoms with Gasteiger partial charge in [-0.15, -0.1) is 5.10 Å². The van der Waals surface area contributed by atoms with Crippen molar-refractivity contribution in [3.8, 4) is 5.69 Å². The Morgan fingerprint density at radius 3 is 2.54 bits per heavy atom. The van der Waals surface area contributed by atoms with Crippen LogP contribution in [0, 0.1) is 18.7 Å². The van der Waals surface area contributed by atoms with Gasteiger partial charge in [-0.1, -0.05) is 27.7 Å². The molecule has 11 nitrogen and oxygen atoms in total. The van der Waals surface area contributed by atoms with Crippen LogP contribution in [0.15, 0.2) is 33.9 Å². The van der Waals surface area contributed by atoms with Crippen LogP contribution in [0.5, 0.6) is 0 Å². The first kappa shape index (κ1) is 23.9. The highest BCUT2D eigenvalue weighted by Gasteiger charge is 2.22. The SMILES string of the molecule is Cc1nnnn1-c1ccc(F)c(NC(=O)c2cc(C(C)C)nc3c2c(=O)[nH]c(=O)n3CC(C)C)c1. The molecule has 182 valence electrons. The van der Waals surface area contributed by atoms with Gasteiger partial charge in [0.2, 0.25) is 0 Å². The quantitative estimate of drug-likeness (QED) is 0.432. The van der Waals surface area contributed by atoms with Gasteiger partial charge in [0, 0.05) is 12.2 Å². The molecule has 3 heterocycles. The summed E-state index contributed by atoms with van der Waals surface area (Å²) in [6, 6.07) is 5.54. The molecule has 0 bridgehead atoms. The first-order chi connectivity index (χ1) is 16.6. The van der Waals surface area contributed by atoms with Gasteiger partial charge in [-0.25, -0.2) is 14.2 Å². The molecule has 3 aromatic heterocycles. The maximum Gasteiger partial charge on any atom is 0.330 e. The van der Waals surface area contributed by atoms with Crippen molar-refractivity contribution in [3.63, 3.8) is 0 Å². The number of hydrogen-bond acceptors (Lipinski definition) is 7. The minimum absolute atomic E-state index is 0.0131. The molecule has 0 unspecified atom stereocenters. The number of nitrogens with zero attached hydrogens (tertiary/aromatic N) is 6. The second kappa shape index (κ2) is 9.20. The molecule has 12 heteroatoms. The lowest BCUT2D eigenvalue weighted by molar-refractivity contribution is 0.102. The molecular formula is C23H25FN8O3. The number of tetrazole rings is 1. The van der Waals surface area contributed by atoms with E-state index in [0.29, 0.717) is 23.8 Å². The van der Waals surface area contributed by atoms with Crippen molar-refractivity contribution in [3.05, 3.63) is 68.0 Å². The third-order valence-electron chi connectivity index (χ3n) is 5.42. The molecule has 0 aliphatic rings. The molecule has 0 saturated heterocycles. The molecule has 0 saturated carbocycles. The van der Waals surface area contributed by atoms with E-state index in [1.165, 1.54) is 33.5 Å². The van der Waals surface area contributed by atoms with E-state index in [1.807, 2.05) is 27.7 Å². The summed E-state index contributed by atoms with van der Waals surface area (Å²) in [6.07, 6.45) is 0. The summed E-state index contributed by atoms with van der Waals surface area (Å²) in [7, 11) is 0. The van der Waals surface area contributed by atoms with Gasteiger partial charge in [0.1, 0.15) is 5.82 Å². The van der Waals surface area contributed by atoms with E-state index in [4.69, 9.17) is 0 Å². The van der Waals surface area contributed by atoms with Gasteiger partial charge in [-0.3, -0.25) is 19.1 Å². The number of amides is 1. The number of carbonyl (C=O) groups is 1. The van der Waals surface area contributed by atoms with Gasteiger partial charge in [-0.05, 0) is 53.5 Å². The lowest BCUT2D eigenvalue weighted by Gasteiger charge is -2.16. The number of aromatic amines is 1. The number of halogens is 1. The van der Waals surface area contributed by atoms with Crippen molar-refractivity contribution >= 4 is 22.6 Å². The van der Waals surface area contributed by atoms with Crippen molar-refractivity contribution < 1.29 is 9.18 Å². The van der Waals surface area contributed by atoms with E-state index >= 15 is 0 Å². The maximum absolute atomic E-state index is 14.6. The van der Waals surface area contributed by atoms with E-state index in [-0.39, 0.29) is 34.1 Å². The first-order valence-electron chi connectivity index (χ1n) is 11.1. The van der Waals surface area contributed by atoms with Crippen molar-refractivity contribution in [2.45, 2.75) is 47.1 Å². The molecule has 35 heavy (non-hydrogen) atoms. The molecule has 0 radical (unpaired) electrons. The Bertz CT molecular complexity index is 1550. The maximum atomic E-state index is 14.6.